The Morgan fingerprint density at radius 1 is 1.02 bits per heavy atom. The van der Waals surface area contributed by atoms with Crippen LogP contribution in [0.15, 0.2) is 59.1 Å². The number of nitrogens with zero attached hydrogens (tertiary/aromatic N) is 4. The van der Waals surface area contributed by atoms with Crippen LogP contribution in [0, 0.1) is 5.92 Å². The number of hydrogen-bond donors (Lipinski definition) is 3. The van der Waals surface area contributed by atoms with Gasteiger partial charge in [-0.3, -0.25) is 9.59 Å². The molecule has 0 aliphatic heterocycles. The number of aromatic nitrogens is 4. The first-order chi connectivity index (χ1) is 19.7. The molecular weight excluding hydrogens is 519 g/mol. The molecule has 0 saturated heterocycles. The molecule has 2 amide bonds. The number of para-hydroxylation sites is 1. The van der Waals surface area contributed by atoms with Crippen molar-refractivity contribution in [2.24, 2.45) is 5.92 Å². The first kappa shape index (κ1) is 27.7. The van der Waals surface area contributed by atoms with Crippen LogP contribution >= 0.6 is 0 Å². The fourth-order valence-electron chi connectivity index (χ4n) is 3.86. The highest BCUT2D eigenvalue weighted by Crippen LogP contribution is 2.38. The predicted molar refractivity (Wildman–Crippen MR) is 156 cm³/mol. The molecule has 198 valence electrons. The molecule has 4 aromatic rings. The SMILES string of the molecule is [B]C([B])([B])NC(=O)c1nnc(NC(=O)C2CC2)cc1Nc1cccc(-c2nc(/C=C/c3ccccc3)no2)c1OC. The highest BCUT2D eigenvalue weighted by atomic mass is 16.5. The minimum Gasteiger partial charge on any atom is -0.494 e. The molecule has 1 aliphatic carbocycles. The van der Waals surface area contributed by atoms with Crippen molar-refractivity contribution in [3.8, 4) is 17.2 Å². The monoisotopic (exact) mass is 541 g/mol. The van der Waals surface area contributed by atoms with Gasteiger partial charge in [0.25, 0.3) is 11.8 Å². The zero-order valence-corrected chi connectivity index (χ0v) is 22.0. The second-order valence-corrected chi connectivity index (χ2v) is 9.36. The van der Waals surface area contributed by atoms with Gasteiger partial charge in [0.05, 0.1) is 47.6 Å². The van der Waals surface area contributed by atoms with Crippen LogP contribution in [0.5, 0.6) is 5.75 Å². The zero-order chi connectivity index (χ0) is 29.0. The third-order valence-corrected chi connectivity index (χ3v) is 5.92. The maximum atomic E-state index is 12.9. The Labute approximate surface area is 239 Å². The van der Waals surface area contributed by atoms with E-state index < -0.39 is 11.1 Å². The van der Waals surface area contributed by atoms with Crippen LogP contribution in [0.2, 0.25) is 0 Å². The van der Waals surface area contributed by atoms with Crippen LogP contribution < -0.4 is 20.7 Å². The van der Waals surface area contributed by atoms with Crippen molar-refractivity contribution in [1.82, 2.24) is 25.7 Å². The van der Waals surface area contributed by atoms with Gasteiger partial charge in [-0.15, -0.1) is 10.2 Å². The highest BCUT2D eigenvalue weighted by Gasteiger charge is 2.30. The van der Waals surface area contributed by atoms with Crippen molar-refractivity contribution in [3.63, 3.8) is 0 Å². The van der Waals surface area contributed by atoms with Crippen molar-refractivity contribution in [2.75, 3.05) is 17.7 Å². The Kier molecular flexibility index (Phi) is 7.91. The van der Waals surface area contributed by atoms with Crippen LogP contribution in [0.1, 0.15) is 34.7 Å². The molecule has 1 fully saturated rings. The van der Waals surface area contributed by atoms with E-state index in [0.29, 0.717) is 22.8 Å². The average Bonchev–Trinajstić information content (AvgIpc) is 3.69. The molecule has 3 N–H and O–H groups in total. The minimum absolute atomic E-state index is 0.0675. The summed E-state index contributed by atoms with van der Waals surface area (Å²) in [5.74, 6) is 0.0127. The summed E-state index contributed by atoms with van der Waals surface area (Å²) in [6, 6.07) is 16.3. The number of hydrogen-bond acceptors (Lipinski definition) is 9. The molecule has 6 radical (unpaired) electrons. The maximum absolute atomic E-state index is 12.9. The van der Waals surface area contributed by atoms with Crippen molar-refractivity contribution in [3.05, 3.63) is 71.7 Å². The van der Waals surface area contributed by atoms with E-state index in [0.717, 1.165) is 18.4 Å². The lowest BCUT2D eigenvalue weighted by Crippen LogP contribution is -2.50. The van der Waals surface area contributed by atoms with Gasteiger partial charge >= 0.3 is 0 Å². The molecule has 5 rings (SSSR count). The summed E-state index contributed by atoms with van der Waals surface area (Å²) >= 11 is 0. The largest absolute Gasteiger partial charge is 0.494 e. The van der Waals surface area contributed by atoms with Gasteiger partial charge in [0.1, 0.15) is 0 Å². The van der Waals surface area contributed by atoms with Crippen molar-refractivity contribution < 1.29 is 18.8 Å². The molecule has 41 heavy (non-hydrogen) atoms. The van der Waals surface area contributed by atoms with Crippen LogP contribution in [0.3, 0.4) is 0 Å². The average molecular weight is 541 g/mol. The Balaban J connectivity index is 1.46. The lowest BCUT2D eigenvalue weighted by molar-refractivity contribution is -0.117. The van der Waals surface area contributed by atoms with Crippen LogP contribution in [-0.4, -0.2) is 68.0 Å². The van der Waals surface area contributed by atoms with Gasteiger partial charge in [-0.2, -0.15) is 4.98 Å². The van der Waals surface area contributed by atoms with Gasteiger partial charge in [0, 0.05) is 12.0 Å². The number of rotatable bonds is 10. The topological polar surface area (TPSA) is 144 Å². The summed E-state index contributed by atoms with van der Waals surface area (Å²) in [6.45, 7) is 0. The molecule has 2 heterocycles. The van der Waals surface area contributed by atoms with E-state index >= 15 is 0 Å². The smallest absolute Gasteiger partial charge is 0.272 e. The lowest BCUT2D eigenvalue weighted by Gasteiger charge is -2.23. The molecule has 1 aliphatic rings. The molecule has 0 unspecified atom stereocenters. The van der Waals surface area contributed by atoms with Crippen LogP contribution in [0.4, 0.5) is 17.2 Å². The zero-order valence-electron chi connectivity index (χ0n) is 22.0. The Morgan fingerprint density at radius 2 is 1.80 bits per heavy atom. The fourth-order valence-corrected chi connectivity index (χ4v) is 3.86. The molecule has 2 aromatic carbocycles. The first-order valence-electron chi connectivity index (χ1n) is 12.6. The number of anilines is 3. The van der Waals surface area contributed by atoms with Crippen LogP contribution in [0.25, 0.3) is 23.6 Å². The second kappa shape index (κ2) is 11.7. The molecular formula is C27H22B3N7O4. The summed E-state index contributed by atoms with van der Waals surface area (Å²) in [7, 11) is 18.1. The van der Waals surface area contributed by atoms with Crippen molar-refractivity contribution in [2.45, 2.75) is 18.1 Å². The summed E-state index contributed by atoms with van der Waals surface area (Å²) in [5, 5.41) is 18.0. The number of ether oxygens (including phenoxy) is 1. The van der Waals surface area contributed by atoms with E-state index in [1.807, 2.05) is 36.4 Å². The molecule has 0 spiro atoms. The lowest BCUT2D eigenvalue weighted by atomic mass is 9.49. The number of methoxy groups -OCH3 is 1. The minimum atomic E-state index is -2.00. The van der Waals surface area contributed by atoms with Gasteiger partial charge in [-0.25, -0.2) is 0 Å². The molecule has 2 aromatic heterocycles. The predicted octanol–water partition coefficient (Wildman–Crippen LogP) is 2.64. The van der Waals surface area contributed by atoms with E-state index in [9.17, 15) is 9.59 Å². The van der Waals surface area contributed by atoms with Gasteiger partial charge in [0.2, 0.25) is 5.91 Å². The van der Waals surface area contributed by atoms with Crippen molar-refractivity contribution in [1.29, 1.82) is 0 Å². The third kappa shape index (κ3) is 7.02. The number of nitrogens with one attached hydrogen (secondary N) is 3. The number of benzene rings is 2. The van der Waals surface area contributed by atoms with Crippen LogP contribution in [-0.2, 0) is 4.79 Å². The summed E-state index contributed by atoms with van der Waals surface area (Å²) in [6.07, 6.45) is 5.21. The molecule has 14 heteroatoms. The quantitative estimate of drug-likeness (QED) is 0.258. The van der Waals surface area contributed by atoms with Gasteiger partial charge in [-0.05, 0) is 36.6 Å². The number of carbonyl (C=O) groups is 2. The van der Waals surface area contributed by atoms with E-state index in [1.54, 1.807) is 24.3 Å². The third-order valence-electron chi connectivity index (χ3n) is 5.92. The Hall–Kier alpha value is -4.87. The standard InChI is InChI=1S/C27H22B3N7O4/c1-40-23-17(26-33-20(37-41-26)13-10-15-6-3-2-4-7-15)8-5-9-18(23)31-19-14-21(32-24(38)16-11-12-16)35-36-22(19)25(39)34-27(28,29)30/h2-10,13-14,16H,11-12H2,1H3,(H,34,39)(H2,31,32,35,38)/b13-10+. The maximum Gasteiger partial charge on any atom is 0.272 e. The summed E-state index contributed by atoms with van der Waals surface area (Å²) < 4.78 is 11.2. The van der Waals surface area contributed by atoms with E-state index in [1.165, 1.54) is 13.2 Å². The van der Waals surface area contributed by atoms with E-state index in [4.69, 9.17) is 32.8 Å². The van der Waals surface area contributed by atoms with E-state index in [-0.39, 0.29) is 34.9 Å². The summed E-state index contributed by atoms with van der Waals surface area (Å²) in [5.41, 5.74) is 1.88. The second-order valence-electron chi connectivity index (χ2n) is 9.36. The van der Waals surface area contributed by atoms with Gasteiger partial charge in [-0.1, -0.05) is 52.9 Å². The molecule has 11 nitrogen and oxygen atoms in total. The highest BCUT2D eigenvalue weighted by molar-refractivity contribution is 6.60. The van der Waals surface area contributed by atoms with Crippen molar-refractivity contribution >= 4 is 64.7 Å². The summed E-state index contributed by atoms with van der Waals surface area (Å²) in [4.78, 5) is 29.6. The Bertz CT molecular complexity index is 1600. The number of amides is 2. The molecule has 0 bridgehead atoms. The van der Waals surface area contributed by atoms with Gasteiger partial charge in [0.15, 0.2) is 23.1 Å². The Morgan fingerprint density at radius 3 is 2.51 bits per heavy atom. The normalized spacial score (nSPS) is 13.1. The molecule has 1 saturated carbocycles. The fraction of sp³-hybridized carbons (Fsp3) is 0.185. The molecule has 0 atom stereocenters. The first-order valence-corrected chi connectivity index (χ1v) is 12.6. The van der Waals surface area contributed by atoms with E-state index in [2.05, 4.69) is 36.3 Å². The van der Waals surface area contributed by atoms with Gasteiger partial charge < -0.3 is 25.2 Å². The number of carbonyl (C=O) groups excluding carboxylic acids is 2.